The largest absolute Gasteiger partial charge is 0.417 e. The standard InChI is InChI=1S/C13H5F6NO/c14-9-2-1-6(10(15)11(9)16)12(21)7-5-20-4-3-8(7)13(17,18)19/h1-5H. The highest BCUT2D eigenvalue weighted by molar-refractivity contribution is 6.10. The Morgan fingerprint density at radius 2 is 1.62 bits per heavy atom. The Balaban J connectivity index is 2.59. The van der Waals surface area contributed by atoms with Crippen LogP contribution in [-0.4, -0.2) is 10.8 Å². The van der Waals surface area contributed by atoms with Crippen LogP contribution in [0.2, 0.25) is 0 Å². The van der Waals surface area contributed by atoms with E-state index >= 15 is 0 Å². The maximum absolute atomic E-state index is 13.5. The van der Waals surface area contributed by atoms with E-state index in [-0.39, 0.29) is 0 Å². The van der Waals surface area contributed by atoms with Crippen LogP contribution in [0.3, 0.4) is 0 Å². The van der Waals surface area contributed by atoms with Gasteiger partial charge in [0.1, 0.15) is 0 Å². The highest BCUT2D eigenvalue weighted by atomic mass is 19.4. The van der Waals surface area contributed by atoms with Crippen molar-refractivity contribution in [2.75, 3.05) is 0 Å². The Bertz CT molecular complexity index is 710. The van der Waals surface area contributed by atoms with E-state index in [4.69, 9.17) is 0 Å². The van der Waals surface area contributed by atoms with Gasteiger partial charge in [0.2, 0.25) is 0 Å². The molecule has 21 heavy (non-hydrogen) atoms. The first-order chi connectivity index (χ1) is 9.73. The molecule has 0 saturated carbocycles. The number of aromatic nitrogens is 1. The summed E-state index contributed by atoms with van der Waals surface area (Å²) in [4.78, 5) is 15.3. The van der Waals surface area contributed by atoms with Crippen LogP contribution in [0.5, 0.6) is 0 Å². The fourth-order valence-electron chi connectivity index (χ4n) is 1.67. The molecule has 2 nitrogen and oxygen atoms in total. The van der Waals surface area contributed by atoms with Crippen LogP contribution in [0.25, 0.3) is 0 Å². The molecule has 2 rings (SSSR count). The zero-order valence-electron chi connectivity index (χ0n) is 10.0. The summed E-state index contributed by atoms with van der Waals surface area (Å²) in [7, 11) is 0. The molecule has 110 valence electrons. The second-order valence-electron chi connectivity index (χ2n) is 3.97. The molecule has 0 bridgehead atoms. The van der Waals surface area contributed by atoms with Gasteiger partial charge in [-0.1, -0.05) is 0 Å². The molecule has 1 aromatic carbocycles. The molecule has 1 heterocycles. The van der Waals surface area contributed by atoms with Gasteiger partial charge in [0, 0.05) is 12.4 Å². The average molecular weight is 305 g/mol. The summed E-state index contributed by atoms with van der Waals surface area (Å²) in [6, 6.07) is 1.56. The van der Waals surface area contributed by atoms with Gasteiger partial charge in [-0.2, -0.15) is 13.2 Å². The normalized spacial score (nSPS) is 11.5. The molecule has 0 aliphatic rings. The Labute approximate surface area is 114 Å². The summed E-state index contributed by atoms with van der Waals surface area (Å²) in [5.41, 5.74) is -3.30. The van der Waals surface area contributed by atoms with Gasteiger partial charge in [0.15, 0.2) is 23.2 Å². The van der Waals surface area contributed by atoms with Crippen molar-refractivity contribution in [1.29, 1.82) is 0 Å². The summed E-state index contributed by atoms with van der Waals surface area (Å²) >= 11 is 0. The summed E-state index contributed by atoms with van der Waals surface area (Å²) in [6.45, 7) is 0. The van der Waals surface area contributed by atoms with Crippen molar-refractivity contribution in [1.82, 2.24) is 4.98 Å². The lowest BCUT2D eigenvalue weighted by Crippen LogP contribution is -2.15. The molecule has 2 aromatic rings. The quantitative estimate of drug-likeness (QED) is 0.480. The van der Waals surface area contributed by atoms with Crippen LogP contribution in [-0.2, 0) is 6.18 Å². The first-order valence-electron chi connectivity index (χ1n) is 5.43. The SMILES string of the molecule is O=C(c1cnccc1C(F)(F)F)c1ccc(F)c(F)c1F. The molecule has 8 heteroatoms. The lowest BCUT2D eigenvalue weighted by Gasteiger charge is -2.11. The van der Waals surface area contributed by atoms with Crippen molar-refractivity contribution in [2.24, 2.45) is 0 Å². The molecular formula is C13H5F6NO. The number of ketones is 1. The van der Waals surface area contributed by atoms with Gasteiger partial charge in [0.05, 0.1) is 16.7 Å². The van der Waals surface area contributed by atoms with Crippen LogP contribution >= 0.6 is 0 Å². The van der Waals surface area contributed by atoms with Gasteiger partial charge < -0.3 is 0 Å². The van der Waals surface area contributed by atoms with Gasteiger partial charge in [-0.15, -0.1) is 0 Å². The molecule has 0 aliphatic carbocycles. The van der Waals surface area contributed by atoms with Crippen molar-refractivity contribution < 1.29 is 31.1 Å². The number of nitrogens with zero attached hydrogens (tertiary/aromatic N) is 1. The van der Waals surface area contributed by atoms with Gasteiger partial charge in [-0.25, -0.2) is 13.2 Å². The van der Waals surface area contributed by atoms with Gasteiger partial charge in [-0.3, -0.25) is 9.78 Å². The summed E-state index contributed by atoms with van der Waals surface area (Å²) in [5.74, 6) is -6.77. The van der Waals surface area contributed by atoms with Crippen LogP contribution in [0, 0.1) is 17.5 Å². The molecule has 0 radical (unpaired) electrons. The third-order valence-electron chi connectivity index (χ3n) is 2.65. The first-order valence-corrected chi connectivity index (χ1v) is 5.43. The lowest BCUT2D eigenvalue weighted by atomic mass is 9.99. The summed E-state index contributed by atoms with van der Waals surface area (Å²) in [5, 5.41) is 0. The van der Waals surface area contributed by atoms with E-state index in [2.05, 4.69) is 4.98 Å². The van der Waals surface area contributed by atoms with Gasteiger partial charge >= 0.3 is 6.18 Å². The number of alkyl halides is 3. The lowest BCUT2D eigenvalue weighted by molar-refractivity contribution is -0.137. The molecule has 0 unspecified atom stereocenters. The topological polar surface area (TPSA) is 30.0 Å². The zero-order valence-corrected chi connectivity index (χ0v) is 10.0. The Kier molecular flexibility index (Phi) is 3.71. The van der Waals surface area contributed by atoms with E-state index in [1.54, 1.807) is 0 Å². The van der Waals surface area contributed by atoms with E-state index in [0.29, 0.717) is 24.4 Å². The minimum Gasteiger partial charge on any atom is -0.288 e. The summed E-state index contributed by atoms with van der Waals surface area (Å²) < 4.78 is 77.6. The van der Waals surface area contributed by atoms with E-state index in [1.807, 2.05) is 0 Å². The molecular weight excluding hydrogens is 300 g/mol. The third-order valence-corrected chi connectivity index (χ3v) is 2.65. The van der Waals surface area contributed by atoms with Crippen molar-refractivity contribution in [3.63, 3.8) is 0 Å². The maximum Gasteiger partial charge on any atom is 0.417 e. The molecule has 0 fully saturated rings. The molecule has 1 aromatic heterocycles. The van der Waals surface area contributed by atoms with Crippen LogP contribution in [0.1, 0.15) is 21.5 Å². The smallest absolute Gasteiger partial charge is 0.288 e. The predicted octanol–water partition coefficient (Wildman–Crippen LogP) is 3.75. The van der Waals surface area contributed by atoms with Crippen molar-refractivity contribution in [3.05, 3.63) is 64.7 Å². The molecule has 0 aliphatic heterocycles. The van der Waals surface area contributed by atoms with Gasteiger partial charge in [-0.05, 0) is 18.2 Å². The fraction of sp³-hybridized carbons (Fsp3) is 0.0769. The second kappa shape index (κ2) is 5.19. The number of hydrogen-bond donors (Lipinski definition) is 0. The number of carbonyl (C=O) groups is 1. The highest BCUT2D eigenvalue weighted by Gasteiger charge is 2.36. The average Bonchev–Trinajstić information content (AvgIpc) is 2.43. The molecule has 0 saturated heterocycles. The van der Waals surface area contributed by atoms with E-state index in [0.717, 1.165) is 6.20 Å². The van der Waals surface area contributed by atoms with E-state index < -0.39 is 46.1 Å². The second-order valence-corrected chi connectivity index (χ2v) is 3.97. The monoisotopic (exact) mass is 305 g/mol. The number of benzene rings is 1. The number of carbonyl (C=O) groups excluding carboxylic acids is 1. The zero-order chi connectivity index (χ0) is 15.8. The molecule has 0 amide bonds. The van der Waals surface area contributed by atoms with Crippen LogP contribution < -0.4 is 0 Å². The Morgan fingerprint density at radius 1 is 0.952 bits per heavy atom. The van der Waals surface area contributed by atoms with Crippen molar-refractivity contribution >= 4 is 5.78 Å². The van der Waals surface area contributed by atoms with Crippen LogP contribution in [0.15, 0.2) is 30.6 Å². The van der Waals surface area contributed by atoms with Crippen molar-refractivity contribution in [3.8, 4) is 0 Å². The van der Waals surface area contributed by atoms with Crippen LogP contribution in [0.4, 0.5) is 26.3 Å². The van der Waals surface area contributed by atoms with E-state index in [9.17, 15) is 31.1 Å². The number of pyridine rings is 1. The minimum absolute atomic E-state index is 0.454. The fourth-order valence-corrected chi connectivity index (χ4v) is 1.67. The van der Waals surface area contributed by atoms with Gasteiger partial charge in [0.25, 0.3) is 0 Å². The number of hydrogen-bond acceptors (Lipinski definition) is 2. The minimum atomic E-state index is -4.87. The molecule has 0 spiro atoms. The molecule has 0 atom stereocenters. The Morgan fingerprint density at radius 3 is 2.24 bits per heavy atom. The first kappa shape index (κ1) is 15.0. The van der Waals surface area contributed by atoms with Crippen molar-refractivity contribution in [2.45, 2.75) is 6.18 Å². The third kappa shape index (κ3) is 2.74. The maximum atomic E-state index is 13.5. The van der Waals surface area contributed by atoms with E-state index in [1.165, 1.54) is 0 Å². The summed E-state index contributed by atoms with van der Waals surface area (Å²) in [6.07, 6.45) is -3.48. The number of halogens is 6. The highest BCUT2D eigenvalue weighted by Crippen LogP contribution is 2.32. The predicted molar refractivity (Wildman–Crippen MR) is 59.0 cm³/mol. The Hall–Kier alpha value is -2.38. The number of rotatable bonds is 2. The molecule has 0 N–H and O–H groups in total.